The van der Waals surface area contributed by atoms with E-state index in [1.165, 1.54) is 0 Å². The van der Waals surface area contributed by atoms with Crippen molar-refractivity contribution in [3.05, 3.63) is 65.7 Å². The first-order valence-electron chi connectivity index (χ1n) is 9.34. The van der Waals surface area contributed by atoms with Crippen LogP contribution in [0, 0.1) is 0 Å². The molecule has 5 nitrogen and oxygen atoms in total. The first-order chi connectivity index (χ1) is 13.0. The van der Waals surface area contributed by atoms with Crippen LogP contribution in [0.3, 0.4) is 0 Å². The summed E-state index contributed by atoms with van der Waals surface area (Å²) < 4.78 is 31.4. The molecule has 2 aliphatic heterocycles. The molecule has 0 N–H and O–H groups in total. The summed E-state index contributed by atoms with van der Waals surface area (Å²) >= 11 is 0. The van der Waals surface area contributed by atoms with Crippen LogP contribution in [0.4, 0.5) is 0 Å². The van der Waals surface area contributed by atoms with Crippen LogP contribution in [-0.2, 0) is 21.1 Å². The van der Waals surface area contributed by atoms with Gasteiger partial charge in [0.15, 0.2) is 15.9 Å². The maximum absolute atomic E-state index is 13.0. The van der Waals surface area contributed by atoms with Gasteiger partial charge in [-0.3, -0.25) is 4.79 Å². The minimum Gasteiger partial charge on any atom is -0.480 e. The van der Waals surface area contributed by atoms with Crippen LogP contribution in [0.2, 0.25) is 0 Å². The molecule has 0 aliphatic carbocycles. The van der Waals surface area contributed by atoms with Crippen LogP contribution >= 0.6 is 0 Å². The monoisotopic (exact) mass is 385 g/mol. The number of ether oxygens (including phenoxy) is 1. The van der Waals surface area contributed by atoms with E-state index in [2.05, 4.69) is 0 Å². The third kappa shape index (κ3) is 3.72. The lowest BCUT2D eigenvalue weighted by Crippen LogP contribution is -2.44. The smallest absolute Gasteiger partial charge is 0.263 e. The zero-order valence-corrected chi connectivity index (χ0v) is 15.9. The molecule has 1 amide bonds. The van der Waals surface area contributed by atoms with Crippen molar-refractivity contribution in [3.8, 4) is 5.75 Å². The molecule has 0 saturated carbocycles. The Labute approximate surface area is 159 Å². The fourth-order valence-electron chi connectivity index (χ4n) is 3.91. The van der Waals surface area contributed by atoms with Gasteiger partial charge in [0.2, 0.25) is 0 Å². The van der Waals surface area contributed by atoms with Gasteiger partial charge in [-0.05, 0) is 36.5 Å². The zero-order chi connectivity index (χ0) is 18.9. The fraction of sp³-hybridized carbons (Fsp3) is 0.381. The molecule has 1 fully saturated rings. The quantitative estimate of drug-likeness (QED) is 0.797. The lowest BCUT2D eigenvalue weighted by Gasteiger charge is -2.30. The van der Waals surface area contributed by atoms with Gasteiger partial charge < -0.3 is 9.64 Å². The standard InChI is InChI=1S/C21H23NO4S/c23-21(19-11-10-16-6-4-5-9-18(16)26-19)22-13-12-20(27(24,25)15-14-22)17-7-2-1-3-8-17/h1-9,19-20H,10-15H2/t19-,20-/m1/s1. The van der Waals surface area contributed by atoms with Crippen LogP contribution in [0.25, 0.3) is 0 Å². The minimum absolute atomic E-state index is 0.0123. The molecule has 6 heteroatoms. The molecule has 2 aliphatic rings. The highest BCUT2D eigenvalue weighted by Crippen LogP contribution is 2.31. The van der Waals surface area contributed by atoms with Crippen LogP contribution in [0.1, 0.15) is 29.2 Å². The Morgan fingerprint density at radius 2 is 1.70 bits per heavy atom. The number of fused-ring (bicyclic) bond motifs is 1. The number of hydrogen-bond donors (Lipinski definition) is 0. The summed E-state index contributed by atoms with van der Waals surface area (Å²) in [5, 5.41) is -0.551. The summed E-state index contributed by atoms with van der Waals surface area (Å²) in [6, 6.07) is 17.0. The molecule has 142 valence electrons. The molecule has 0 aromatic heterocycles. The Hall–Kier alpha value is -2.34. The van der Waals surface area contributed by atoms with Crippen LogP contribution in [0.5, 0.6) is 5.75 Å². The minimum atomic E-state index is -3.29. The maximum Gasteiger partial charge on any atom is 0.263 e. The largest absolute Gasteiger partial charge is 0.480 e. The van der Waals surface area contributed by atoms with Crippen molar-refractivity contribution in [3.63, 3.8) is 0 Å². The van der Waals surface area contributed by atoms with Gasteiger partial charge in [0, 0.05) is 13.1 Å². The summed E-state index contributed by atoms with van der Waals surface area (Å²) in [7, 11) is -3.29. The predicted octanol–water partition coefficient (Wildman–Crippen LogP) is 2.77. The second kappa shape index (κ2) is 7.35. The number of rotatable bonds is 2. The summed E-state index contributed by atoms with van der Waals surface area (Å²) in [6.07, 6.45) is 1.31. The van der Waals surface area contributed by atoms with Crippen molar-refractivity contribution in [2.45, 2.75) is 30.6 Å². The van der Waals surface area contributed by atoms with E-state index in [0.717, 1.165) is 23.3 Å². The number of para-hydroxylation sites is 1. The van der Waals surface area contributed by atoms with Gasteiger partial charge in [-0.1, -0.05) is 48.5 Å². The SMILES string of the molecule is O=C([C@H]1CCc2ccccc2O1)N1CC[C@H](c2ccccc2)S(=O)(=O)CC1. The summed E-state index contributed by atoms with van der Waals surface area (Å²) in [6.45, 7) is 0.658. The van der Waals surface area contributed by atoms with E-state index in [9.17, 15) is 13.2 Å². The van der Waals surface area contributed by atoms with Crippen molar-refractivity contribution in [2.24, 2.45) is 0 Å². The molecule has 0 spiro atoms. The van der Waals surface area contributed by atoms with E-state index in [1.807, 2.05) is 54.6 Å². The highest BCUT2D eigenvalue weighted by molar-refractivity contribution is 7.91. The molecule has 1 saturated heterocycles. The number of amides is 1. The first-order valence-corrected chi connectivity index (χ1v) is 11.1. The summed E-state index contributed by atoms with van der Waals surface area (Å²) in [4.78, 5) is 14.6. The Kier molecular flexibility index (Phi) is 4.91. The van der Waals surface area contributed by atoms with Crippen molar-refractivity contribution in [1.29, 1.82) is 0 Å². The molecule has 0 unspecified atom stereocenters. The third-order valence-electron chi connectivity index (χ3n) is 5.42. The Bertz CT molecular complexity index is 926. The van der Waals surface area contributed by atoms with Gasteiger partial charge in [0.1, 0.15) is 5.75 Å². The highest BCUT2D eigenvalue weighted by atomic mass is 32.2. The van der Waals surface area contributed by atoms with Crippen molar-refractivity contribution < 1.29 is 17.9 Å². The first kappa shape index (κ1) is 18.0. The van der Waals surface area contributed by atoms with Gasteiger partial charge in [0.25, 0.3) is 5.91 Å². The number of nitrogens with zero attached hydrogens (tertiary/aromatic N) is 1. The average Bonchev–Trinajstić information content (AvgIpc) is 2.85. The summed E-state index contributed by atoms with van der Waals surface area (Å²) in [5.74, 6) is 0.641. The van der Waals surface area contributed by atoms with Crippen molar-refractivity contribution in [1.82, 2.24) is 4.90 Å². The van der Waals surface area contributed by atoms with E-state index in [-0.39, 0.29) is 18.2 Å². The van der Waals surface area contributed by atoms with E-state index in [0.29, 0.717) is 19.4 Å². The number of benzene rings is 2. The molecule has 2 aromatic carbocycles. The lowest BCUT2D eigenvalue weighted by molar-refractivity contribution is -0.139. The Balaban J connectivity index is 1.49. The Morgan fingerprint density at radius 1 is 0.963 bits per heavy atom. The topological polar surface area (TPSA) is 63.7 Å². The number of aryl methyl sites for hydroxylation is 1. The van der Waals surface area contributed by atoms with Gasteiger partial charge in [0.05, 0.1) is 11.0 Å². The highest BCUT2D eigenvalue weighted by Gasteiger charge is 2.36. The van der Waals surface area contributed by atoms with E-state index < -0.39 is 21.2 Å². The lowest BCUT2D eigenvalue weighted by atomic mass is 10.0. The van der Waals surface area contributed by atoms with Crippen LogP contribution < -0.4 is 4.74 Å². The zero-order valence-electron chi connectivity index (χ0n) is 15.1. The molecule has 27 heavy (non-hydrogen) atoms. The number of sulfone groups is 1. The molecule has 4 rings (SSSR count). The van der Waals surface area contributed by atoms with E-state index >= 15 is 0 Å². The molecule has 2 aromatic rings. The van der Waals surface area contributed by atoms with Gasteiger partial charge >= 0.3 is 0 Å². The van der Waals surface area contributed by atoms with Crippen LogP contribution in [-0.4, -0.2) is 44.2 Å². The average molecular weight is 385 g/mol. The number of hydrogen-bond acceptors (Lipinski definition) is 4. The fourth-order valence-corrected chi connectivity index (χ4v) is 5.70. The molecule has 2 heterocycles. The van der Waals surface area contributed by atoms with Crippen molar-refractivity contribution in [2.75, 3.05) is 18.8 Å². The third-order valence-corrected chi connectivity index (χ3v) is 7.54. The van der Waals surface area contributed by atoms with Gasteiger partial charge in [-0.2, -0.15) is 0 Å². The molecule has 0 bridgehead atoms. The predicted molar refractivity (Wildman–Crippen MR) is 103 cm³/mol. The second-order valence-corrected chi connectivity index (χ2v) is 9.44. The molecular formula is C21H23NO4S. The van der Waals surface area contributed by atoms with Crippen molar-refractivity contribution >= 4 is 15.7 Å². The van der Waals surface area contributed by atoms with Gasteiger partial charge in [-0.15, -0.1) is 0 Å². The van der Waals surface area contributed by atoms with E-state index in [1.54, 1.807) is 4.90 Å². The van der Waals surface area contributed by atoms with E-state index in [4.69, 9.17) is 4.74 Å². The molecule has 0 radical (unpaired) electrons. The molecular weight excluding hydrogens is 362 g/mol. The molecule has 2 atom stereocenters. The summed E-state index contributed by atoms with van der Waals surface area (Å²) in [5.41, 5.74) is 1.92. The van der Waals surface area contributed by atoms with Crippen LogP contribution in [0.15, 0.2) is 54.6 Å². The Morgan fingerprint density at radius 3 is 2.52 bits per heavy atom. The number of carbonyl (C=O) groups excluding carboxylic acids is 1. The van der Waals surface area contributed by atoms with Gasteiger partial charge in [-0.25, -0.2) is 8.42 Å². The normalized spacial score (nSPS) is 24.4. The number of carbonyl (C=O) groups is 1. The second-order valence-electron chi connectivity index (χ2n) is 7.13. The maximum atomic E-state index is 13.0.